The molecule has 0 bridgehead atoms. The molecule has 0 amide bonds. The van der Waals surface area contributed by atoms with Gasteiger partial charge in [0.25, 0.3) is 0 Å². The highest BCUT2D eigenvalue weighted by molar-refractivity contribution is 7.86. The maximum atomic E-state index is 15.9. The second-order valence-electron chi connectivity index (χ2n) is 13.4. The summed E-state index contributed by atoms with van der Waals surface area (Å²) >= 11 is 0. The lowest BCUT2D eigenvalue weighted by molar-refractivity contribution is 0.592. The fourth-order valence-corrected chi connectivity index (χ4v) is 11.6. The molecule has 5 heteroatoms. The zero-order chi connectivity index (χ0) is 33.8. The molecule has 3 heterocycles. The Morgan fingerprint density at radius 2 is 1.12 bits per heavy atom. The minimum Gasteiger partial charge on any atom is -0.456 e. The molecule has 1 atom stereocenters. The second kappa shape index (κ2) is 10.4. The summed E-state index contributed by atoms with van der Waals surface area (Å²) < 4.78 is 24.5. The molecule has 1 aliphatic rings. The van der Waals surface area contributed by atoms with Gasteiger partial charge in [0.15, 0.2) is 7.14 Å². The van der Waals surface area contributed by atoms with Gasteiger partial charge < -0.3 is 8.98 Å². The highest BCUT2D eigenvalue weighted by Gasteiger charge is 2.39. The van der Waals surface area contributed by atoms with Crippen molar-refractivity contribution in [3.8, 4) is 27.9 Å². The maximum Gasteiger partial charge on any atom is 0.175 e. The van der Waals surface area contributed by atoms with E-state index < -0.39 is 7.14 Å². The Hall–Kier alpha value is -6.22. The van der Waals surface area contributed by atoms with Crippen molar-refractivity contribution in [2.24, 2.45) is 0 Å². The molecule has 0 saturated heterocycles. The number of aromatic nitrogens is 2. The van der Waals surface area contributed by atoms with Gasteiger partial charge in [-0.1, -0.05) is 115 Å². The Balaban J connectivity index is 1.21. The summed E-state index contributed by atoms with van der Waals surface area (Å²) in [6.45, 7) is 2.03. The van der Waals surface area contributed by atoms with Crippen LogP contribution in [0.4, 0.5) is 0 Å². The van der Waals surface area contributed by atoms with Crippen LogP contribution >= 0.6 is 7.14 Å². The Morgan fingerprint density at radius 3 is 1.82 bits per heavy atom. The molecule has 240 valence electrons. The van der Waals surface area contributed by atoms with Crippen molar-refractivity contribution >= 4 is 77.6 Å². The fourth-order valence-electron chi connectivity index (χ4n) is 8.57. The average Bonchev–Trinajstić information content (AvgIpc) is 3.73. The zero-order valence-electron chi connectivity index (χ0n) is 27.7. The molecular formula is C46H29N2O2P. The number of fused-ring (bicyclic) bond motifs is 7. The number of hydrogen-bond acceptors (Lipinski definition) is 3. The fraction of sp³-hybridized carbons (Fsp3) is 0.0217. The van der Waals surface area contributed by atoms with Crippen LogP contribution in [0.1, 0.15) is 5.82 Å². The molecular weight excluding hydrogens is 643 g/mol. The highest BCUT2D eigenvalue weighted by Crippen LogP contribution is 2.51. The Bertz CT molecular complexity index is 3080. The third-order valence-electron chi connectivity index (χ3n) is 10.7. The van der Waals surface area contributed by atoms with Crippen LogP contribution in [0, 0.1) is 6.92 Å². The third kappa shape index (κ3) is 3.86. The number of para-hydroxylation sites is 2. The Morgan fingerprint density at radius 1 is 0.529 bits per heavy atom. The van der Waals surface area contributed by atoms with Gasteiger partial charge in [-0.05, 0) is 93.2 Å². The van der Waals surface area contributed by atoms with E-state index in [1.165, 1.54) is 5.56 Å². The Kier molecular flexibility index (Phi) is 5.83. The van der Waals surface area contributed by atoms with Gasteiger partial charge in [0, 0.05) is 26.7 Å². The van der Waals surface area contributed by atoms with Crippen molar-refractivity contribution < 1.29 is 8.98 Å². The minimum absolute atomic E-state index is 0.826. The van der Waals surface area contributed by atoms with E-state index in [1.54, 1.807) is 0 Å². The van der Waals surface area contributed by atoms with Gasteiger partial charge in [-0.2, -0.15) is 0 Å². The largest absolute Gasteiger partial charge is 0.456 e. The normalized spacial score (nSPS) is 15.3. The SMILES string of the molecule is Cc1nc2cccc3c2n1-c1ccc(-c2c4ccccc4c(-c4ccc5c(c4)oc4ccccc45)c4ccccc24)cc1P3(=O)c1ccccc1. The quantitative estimate of drug-likeness (QED) is 0.139. The predicted molar refractivity (Wildman–Crippen MR) is 212 cm³/mol. The van der Waals surface area contributed by atoms with Crippen molar-refractivity contribution in [1.29, 1.82) is 0 Å². The molecule has 1 unspecified atom stereocenters. The van der Waals surface area contributed by atoms with Gasteiger partial charge in [-0.3, -0.25) is 4.57 Å². The van der Waals surface area contributed by atoms with E-state index in [4.69, 9.17) is 9.40 Å². The van der Waals surface area contributed by atoms with E-state index in [2.05, 4.69) is 102 Å². The van der Waals surface area contributed by atoms with Gasteiger partial charge in [0.2, 0.25) is 0 Å². The van der Waals surface area contributed by atoms with Gasteiger partial charge >= 0.3 is 0 Å². The van der Waals surface area contributed by atoms with Crippen LogP contribution in [0.2, 0.25) is 0 Å². The van der Waals surface area contributed by atoms with Crippen LogP contribution < -0.4 is 15.9 Å². The van der Waals surface area contributed by atoms with Crippen LogP contribution in [0.15, 0.2) is 162 Å². The summed E-state index contributed by atoms with van der Waals surface area (Å²) in [5.74, 6) is 0.882. The lowest BCUT2D eigenvalue weighted by Gasteiger charge is -2.29. The molecule has 51 heavy (non-hydrogen) atoms. The van der Waals surface area contributed by atoms with Crippen molar-refractivity contribution in [3.05, 3.63) is 164 Å². The summed E-state index contributed by atoms with van der Waals surface area (Å²) in [5, 5.41) is 9.33. The van der Waals surface area contributed by atoms with E-state index in [-0.39, 0.29) is 0 Å². The molecule has 1 aliphatic heterocycles. The number of nitrogens with zero attached hydrogens (tertiary/aromatic N) is 2. The molecule has 0 fully saturated rings. The maximum absolute atomic E-state index is 15.9. The van der Waals surface area contributed by atoms with Gasteiger partial charge in [0.05, 0.1) is 16.7 Å². The van der Waals surface area contributed by atoms with Crippen LogP contribution in [0.5, 0.6) is 0 Å². The van der Waals surface area contributed by atoms with E-state index in [9.17, 15) is 0 Å². The Labute approximate surface area is 293 Å². The zero-order valence-corrected chi connectivity index (χ0v) is 28.6. The first-order valence-electron chi connectivity index (χ1n) is 17.2. The number of imidazole rings is 1. The predicted octanol–water partition coefficient (Wildman–Crippen LogP) is 10.8. The molecule has 0 spiro atoms. The van der Waals surface area contributed by atoms with E-state index in [0.717, 1.165) is 98.6 Å². The van der Waals surface area contributed by atoms with E-state index in [0.29, 0.717) is 0 Å². The second-order valence-corrected chi connectivity index (χ2v) is 16.1. The average molecular weight is 673 g/mol. The van der Waals surface area contributed by atoms with E-state index >= 15 is 4.57 Å². The van der Waals surface area contributed by atoms with Crippen LogP contribution in [-0.4, -0.2) is 9.55 Å². The van der Waals surface area contributed by atoms with Gasteiger partial charge in [-0.25, -0.2) is 4.98 Å². The summed E-state index contributed by atoms with van der Waals surface area (Å²) in [6, 6.07) is 54.7. The monoisotopic (exact) mass is 672 g/mol. The molecule has 0 aliphatic carbocycles. The third-order valence-corrected chi connectivity index (χ3v) is 13.8. The summed E-state index contributed by atoms with van der Waals surface area (Å²) in [5.41, 5.74) is 8.93. The lowest BCUT2D eigenvalue weighted by atomic mass is 9.86. The van der Waals surface area contributed by atoms with Crippen molar-refractivity contribution in [2.75, 3.05) is 0 Å². The molecule has 4 nitrogen and oxygen atoms in total. The first kappa shape index (κ1) is 28.6. The summed E-state index contributed by atoms with van der Waals surface area (Å²) in [6.07, 6.45) is 0. The number of furan rings is 1. The van der Waals surface area contributed by atoms with Crippen LogP contribution in [-0.2, 0) is 4.57 Å². The molecule has 10 aromatic rings. The topological polar surface area (TPSA) is 48.0 Å². The van der Waals surface area contributed by atoms with Crippen molar-refractivity contribution in [3.63, 3.8) is 0 Å². The standard InChI is InChI=1S/C46H29N2O2P/c1-28-47-38-19-11-21-42-46(38)48(28)39-25-23-30(27-43(39)51(42,49)31-12-3-2-4-13-31)45-36-17-7-5-15-34(36)44(35-16-6-8-18-37(35)45)29-22-24-33-32-14-9-10-20-40(32)50-41(33)26-29/h2-27H,1H3. The van der Waals surface area contributed by atoms with E-state index in [1.807, 2.05) is 67.6 Å². The number of rotatable bonds is 3. The number of benzene rings is 8. The first-order chi connectivity index (χ1) is 25.1. The molecule has 8 aromatic carbocycles. The number of hydrogen-bond donors (Lipinski definition) is 0. The lowest BCUT2D eigenvalue weighted by Crippen LogP contribution is -2.33. The van der Waals surface area contributed by atoms with Gasteiger partial charge in [0.1, 0.15) is 17.0 Å². The molecule has 2 aromatic heterocycles. The molecule has 0 radical (unpaired) electrons. The summed E-state index contributed by atoms with van der Waals surface area (Å²) in [7, 11) is -3.28. The van der Waals surface area contributed by atoms with Crippen molar-refractivity contribution in [1.82, 2.24) is 9.55 Å². The van der Waals surface area contributed by atoms with Crippen LogP contribution in [0.25, 0.3) is 82.5 Å². The molecule has 11 rings (SSSR count). The first-order valence-corrected chi connectivity index (χ1v) is 18.9. The summed E-state index contributed by atoms with van der Waals surface area (Å²) in [4.78, 5) is 4.91. The molecule has 0 saturated carbocycles. The molecule has 0 N–H and O–H groups in total. The van der Waals surface area contributed by atoms with Crippen molar-refractivity contribution in [2.45, 2.75) is 6.92 Å². The highest BCUT2D eigenvalue weighted by atomic mass is 31.2. The smallest absolute Gasteiger partial charge is 0.175 e. The van der Waals surface area contributed by atoms with Gasteiger partial charge in [-0.15, -0.1) is 0 Å². The number of aryl methyl sites for hydroxylation is 1. The minimum atomic E-state index is -3.28. The van der Waals surface area contributed by atoms with Crippen LogP contribution in [0.3, 0.4) is 0 Å².